The minimum atomic E-state index is -1.18. The van der Waals surface area contributed by atoms with Gasteiger partial charge < -0.3 is 15.3 Å². The van der Waals surface area contributed by atoms with E-state index in [2.05, 4.69) is 69.4 Å². The molecule has 0 rings (SSSR count). The van der Waals surface area contributed by atoms with Crippen molar-refractivity contribution in [2.45, 2.75) is 328 Å². The van der Waals surface area contributed by atoms with E-state index in [1.807, 2.05) is 0 Å². The van der Waals surface area contributed by atoms with Crippen molar-refractivity contribution in [2.24, 2.45) is 0 Å². The first-order valence-corrected chi connectivity index (χ1v) is 28.2. The van der Waals surface area contributed by atoms with Crippen LogP contribution in [0.15, 0.2) is 48.6 Å². The highest BCUT2D eigenvalue weighted by atomic mass is 16.4. The molecule has 0 aliphatic carbocycles. The average Bonchev–Trinajstić information content (AvgIpc) is 3.28. The molecule has 3 nitrogen and oxygen atoms in total. The maximum atomic E-state index is 11.9. The molecule has 0 radical (unpaired) electrons. The second kappa shape index (κ2) is 50.8. The second-order valence-corrected chi connectivity index (χ2v) is 19.6. The third-order valence-corrected chi connectivity index (χ3v) is 13.4. The summed E-state index contributed by atoms with van der Waals surface area (Å²) in [6.07, 6.45) is 71.4. The van der Waals surface area contributed by atoms with Gasteiger partial charge in [0, 0.05) is 0 Å². The van der Waals surface area contributed by atoms with Crippen LogP contribution in [0.4, 0.5) is 0 Å². The SMILES string of the molecule is CCCCC/C=C\C/C=C\CCCCCCCCC(O)(CCCCCCCC/C=C\C/C=C\CCCCC)C(O)C(O)CCCCCCCCCCCCCCCCCCCC. The molecule has 366 valence electrons. The summed E-state index contributed by atoms with van der Waals surface area (Å²) in [5.74, 6) is 0. The maximum Gasteiger partial charge on any atom is 0.108 e. The van der Waals surface area contributed by atoms with Crippen LogP contribution in [0.5, 0.6) is 0 Å². The molecule has 0 saturated carbocycles. The Kier molecular flexibility index (Phi) is 49.9. The summed E-state index contributed by atoms with van der Waals surface area (Å²) in [5, 5.41) is 34.4. The van der Waals surface area contributed by atoms with Crippen molar-refractivity contribution in [2.75, 3.05) is 0 Å². The Hall–Kier alpha value is -1.16. The smallest absolute Gasteiger partial charge is 0.108 e. The number of aliphatic hydroxyl groups excluding tert-OH is 2. The molecule has 0 aromatic rings. The first kappa shape index (κ1) is 60.8. The molecule has 0 heterocycles. The largest absolute Gasteiger partial charge is 0.390 e. The van der Waals surface area contributed by atoms with Gasteiger partial charge in [0.15, 0.2) is 0 Å². The Morgan fingerprint density at radius 3 is 0.871 bits per heavy atom. The molecule has 3 heteroatoms. The third-order valence-electron chi connectivity index (χ3n) is 13.4. The summed E-state index contributed by atoms with van der Waals surface area (Å²) < 4.78 is 0. The van der Waals surface area contributed by atoms with Gasteiger partial charge in [-0.1, -0.05) is 275 Å². The molecule has 2 unspecified atom stereocenters. The van der Waals surface area contributed by atoms with Crippen molar-refractivity contribution in [3.05, 3.63) is 48.6 Å². The van der Waals surface area contributed by atoms with E-state index in [0.717, 1.165) is 51.4 Å². The van der Waals surface area contributed by atoms with Gasteiger partial charge in [0.05, 0.1) is 11.7 Å². The average molecular weight is 870 g/mol. The molecule has 0 bridgehead atoms. The van der Waals surface area contributed by atoms with E-state index in [9.17, 15) is 15.3 Å². The number of hydrogen-bond donors (Lipinski definition) is 3. The topological polar surface area (TPSA) is 60.7 Å². The van der Waals surface area contributed by atoms with Crippen molar-refractivity contribution >= 4 is 0 Å². The van der Waals surface area contributed by atoms with Gasteiger partial charge >= 0.3 is 0 Å². The Labute approximate surface area is 390 Å². The fourth-order valence-electron chi connectivity index (χ4n) is 9.03. The lowest BCUT2D eigenvalue weighted by molar-refractivity contribution is -0.136. The van der Waals surface area contributed by atoms with E-state index in [1.54, 1.807) is 0 Å². The molecular formula is C59H112O3. The number of hydrogen-bond acceptors (Lipinski definition) is 3. The van der Waals surface area contributed by atoms with Gasteiger partial charge in [0.2, 0.25) is 0 Å². The van der Waals surface area contributed by atoms with E-state index < -0.39 is 17.8 Å². The number of aliphatic hydroxyl groups is 3. The number of allylic oxidation sites excluding steroid dienone is 8. The molecule has 0 amide bonds. The van der Waals surface area contributed by atoms with E-state index in [0.29, 0.717) is 19.3 Å². The zero-order valence-electron chi connectivity index (χ0n) is 42.4. The first-order chi connectivity index (χ1) is 30.5. The van der Waals surface area contributed by atoms with E-state index >= 15 is 0 Å². The zero-order valence-corrected chi connectivity index (χ0v) is 42.4. The van der Waals surface area contributed by atoms with Crippen LogP contribution in [-0.4, -0.2) is 33.1 Å². The lowest BCUT2D eigenvalue weighted by Gasteiger charge is -2.36. The summed E-state index contributed by atoms with van der Waals surface area (Å²) in [6.45, 7) is 6.81. The molecule has 0 aromatic carbocycles. The van der Waals surface area contributed by atoms with Crippen LogP contribution in [0.2, 0.25) is 0 Å². The highest BCUT2D eigenvalue weighted by Crippen LogP contribution is 2.30. The first-order valence-electron chi connectivity index (χ1n) is 28.2. The highest BCUT2D eigenvalue weighted by molar-refractivity contribution is 4.94. The van der Waals surface area contributed by atoms with Gasteiger partial charge in [-0.25, -0.2) is 0 Å². The van der Waals surface area contributed by atoms with Gasteiger partial charge in [-0.05, 0) is 83.5 Å². The predicted molar refractivity (Wildman–Crippen MR) is 278 cm³/mol. The summed E-state index contributed by atoms with van der Waals surface area (Å²) >= 11 is 0. The minimum Gasteiger partial charge on any atom is -0.390 e. The van der Waals surface area contributed by atoms with Gasteiger partial charge in [0.25, 0.3) is 0 Å². The van der Waals surface area contributed by atoms with Crippen LogP contribution in [0, 0.1) is 0 Å². The van der Waals surface area contributed by atoms with Crippen LogP contribution in [0.1, 0.15) is 310 Å². The lowest BCUT2D eigenvalue weighted by atomic mass is 9.81. The Balaban J connectivity index is 4.41. The van der Waals surface area contributed by atoms with Crippen LogP contribution in [0.25, 0.3) is 0 Å². The molecule has 0 aliphatic heterocycles. The Morgan fingerprint density at radius 2 is 0.548 bits per heavy atom. The molecule has 0 fully saturated rings. The molecule has 0 spiro atoms. The molecule has 2 atom stereocenters. The van der Waals surface area contributed by atoms with Gasteiger partial charge in [0.1, 0.15) is 6.10 Å². The Bertz CT molecular complexity index is 916. The van der Waals surface area contributed by atoms with Crippen LogP contribution in [-0.2, 0) is 0 Å². The van der Waals surface area contributed by atoms with Crippen LogP contribution >= 0.6 is 0 Å². The van der Waals surface area contributed by atoms with Crippen molar-refractivity contribution in [3.63, 3.8) is 0 Å². The van der Waals surface area contributed by atoms with Crippen molar-refractivity contribution in [3.8, 4) is 0 Å². The minimum absolute atomic E-state index is 0.593. The van der Waals surface area contributed by atoms with Crippen LogP contribution in [0.3, 0.4) is 0 Å². The van der Waals surface area contributed by atoms with Crippen molar-refractivity contribution in [1.82, 2.24) is 0 Å². The molecule has 0 saturated heterocycles. The monoisotopic (exact) mass is 869 g/mol. The molecule has 3 N–H and O–H groups in total. The molecule has 0 aromatic heterocycles. The Morgan fingerprint density at radius 1 is 0.306 bits per heavy atom. The van der Waals surface area contributed by atoms with E-state index in [4.69, 9.17) is 0 Å². The van der Waals surface area contributed by atoms with Crippen LogP contribution < -0.4 is 0 Å². The van der Waals surface area contributed by atoms with Gasteiger partial charge in [-0.2, -0.15) is 0 Å². The molecule has 62 heavy (non-hydrogen) atoms. The van der Waals surface area contributed by atoms with E-state index in [-0.39, 0.29) is 0 Å². The third kappa shape index (κ3) is 44.1. The van der Waals surface area contributed by atoms with Crippen molar-refractivity contribution in [1.29, 1.82) is 0 Å². The summed E-state index contributed by atoms with van der Waals surface area (Å²) in [6, 6.07) is 0. The maximum absolute atomic E-state index is 11.9. The fraction of sp³-hybridized carbons (Fsp3) is 0.864. The molecular weight excluding hydrogens is 757 g/mol. The number of rotatable bonds is 51. The summed E-state index contributed by atoms with van der Waals surface area (Å²) in [4.78, 5) is 0. The lowest BCUT2D eigenvalue weighted by Crippen LogP contribution is -2.49. The van der Waals surface area contributed by atoms with E-state index in [1.165, 1.54) is 218 Å². The zero-order chi connectivity index (χ0) is 45.1. The standard InChI is InChI=1S/C59H112O3/c1-4-7-10-13-16-19-22-25-28-31-32-33-36-39-42-45-48-51-54-57(60)58(61)59(62,55-52-49-46-43-40-37-34-29-26-23-20-17-14-11-8-5-2)56-53-50-47-44-41-38-35-30-27-24-21-18-15-12-9-6-3/h17-18,20-21,26-27,29-30,57-58,60-62H,4-16,19,22-25,28,31-56H2,1-3H3/b20-17-,21-18-,29-26-,30-27-. The quantitative estimate of drug-likeness (QED) is 0.0422. The van der Waals surface area contributed by atoms with Gasteiger partial charge in [-0.15, -0.1) is 0 Å². The molecule has 0 aliphatic rings. The summed E-state index contributed by atoms with van der Waals surface area (Å²) in [5.41, 5.74) is -1.18. The van der Waals surface area contributed by atoms with Crippen molar-refractivity contribution < 1.29 is 15.3 Å². The van der Waals surface area contributed by atoms with Gasteiger partial charge in [-0.3, -0.25) is 0 Å². The number of unbranched alkanes of at least 4 members (excludes halogenated alkanes) is 35. The highest BCUT2D eigenvalue weighted by Gasteiger charge is 2.38. The second-order valence-electron chi connectivity index (χ2n) is 19.6. The fourth-order valence-corrected chi connectivity index (χ4v) is 9.03. The normalized spacial score (nSPS) is 13.6. The predicted octanol–water partition coefficient (Wildman–Crippen LogP) is 19.3. The summed E-state index contributed by atoms with van der Waals surface area (Å²) in [7, 11) is 0.